The van der Waals surface area contributed by atoms with Gasteiger partial charge in [0.15, 0.2) is 0 Å². The van der Waals surface area contributed by atoms with E-state index in [1.807, 2.05) is 0 Å². The molecule has 0 fully saturated rings. The average molecular weight is 209 g/mol. The molecular formula is H4Al2O3Rh. The van der Waals surface area contributed by atoms with Crippen LogP contribution in [0.4, 0.5) is 0 Å². The Hall–Kier alpha value is 1.41. The Morgan fingerprint density at radius 1 is 1.00 bits per heavy atom. The molecule has 0 aromatic carbocycles. The Labute approximate surface area is 67.6 Å². The second-order valence-corrected chi connectivity index (χ2v) is 0. The molecule has 0 rings (SSSR count). The van der Waals surface area contributed by atoms with Gasteiger partial charge in [0.05, 0.1) is 0 Å². The molecule has 0 aliphatic rings. The van der Waals surface area contributed by atoms with Crippen molar-refractivity contribution in [2.24, 2.45) is 0 Å². The van der Waals surface area contributed by atoms with E-state index < -0.39 is 0 Å². The van der Waals surface area contributed by atoms with Crippen LogP contribution >= 0.6 is 0 Å². The quantitative estimate of drug-likeness (QED) is 0.405. The van der Waals surface area contributed by atoms with Crippen molar-refractivity contribution >= 4 is 33.6 Å². The van der Waals surface area contributed by atoms with E-state index in [9.17, 15) is 0 Å². The summed E-state index contributed by atoms with van der Waals surface area (Å²) in [5.74, 6) is 0. The largest absolute Gasteiger partial charge is 0 e. The van der Waals surface area contributed by atoms with Gasteiger partial charge in [-0.25, -0.2) is 0 Å². The number of rotatable bonds is 0. The molecule has 4 N–H and O–H groups in total. The Balaban J connectivity index is -0.000000000833. The summed E-state index contributed by atoms with van der Waals surface area (Å²) >= 11 is 1.17. The summed E-state index contributed by atoms with van der Waals surface area (Å²) in [7, 11) is 0. The van der Waals surface area contributed by atoms with Crippen LogP contribution < -0.4 is 0 Å². The molecular weight excluding hydrogens is 205 g/mol. The molecule has 0 aliphatic heterocycles. The third-order valence-electron chi connectivity index (χ3n) is 0. The zero-order valence-electron chi connectivity index (χ0n) is 2.90. The van der Waals surface area contributed by atoms with Crippen LogP contribution in [0.5, 0.6) is 0 Å². The summed E-state index contributed by atoms with van der Waals surface area (Å²) in [5.41, 5.74) is 0. The van der Waals surface area contributed by atoms with Crippen molar-refractivity contribution < 1.29 is 34.2 Å². The predicted molar refractivity (Wildman–Crippen MR) is 19.4 cm³/mol. The molecule has 0 atom stereocenters. The maximum atomic E-state index is 8.17. The van der Waals surface area contributed by atoms with E-state index in [2.05, 4.69) is 0 Å². The molecule has 5 radical (unpaired) electrons. The van der Waals surface area contributed by atoms with E-state index in [0.717, 1.165) is 0 Å². The van der Waals surface area contributed by atoms with Crippen molar-refractivity contribution in [2.45, 2.75) is 0 Å². The summed E-state index contributed by atoms with van der Waals surface area (Å²) in [4.78, 5) is 0. The van der Waals surface area contributed by atoms with Gasteiger partial charge < -0.3 is 11.0 Å². The van der Waals surface area contributed by atoms with E-state index in [0.29, 0.717) is 0 Å². The third kappa shape index (κ3) is 53.0. The van der Waals surface area contributed by atoms with Crippen LogP contribution in [-0.2, 0) is 23.3 Å². The summed E-state index contributed by atoms with van der Waals surface area (Å²) in [6, 6.07) is 0. The maximum absolute atomic E-state index is 8.17. The van der Waals surface area contributed by atoms with Crippen LogP contribution in [0.2, 0.25) is 0 Å². The molecule has 37 valence electrons. The van der Waals surface area contributed by atoms with Gasteiger partial charge in [0.25, 0.3) is 0 Å². The fourth-order valence-corrected chi connectivity index (χ4v) is 0. The van der Waals surface area contributed by atoms with E-state index in [1.54, 1.807) is 0 Å². The Bertz CT molecular complexity index is 8.75. The summed E-state index contributed by atoms with van der Waals surface area (Å²) in [5, 5.41) is 0. The normalized spacial score (nSPS) is 0.500. The third-order valence-corrected chi connectivity index (χ3v) is 0. The van der Waals surface area contributed by atoms with E-state index in [1.165, 1.54) is 16.2 Å². The molecule has 0 aliphatic carbocycles. The second-order valence-electron chi connectivity index (χ2n) is 0. The molecule has 0 aromatic rings. The zero-order valence-corrected chi connectivity index (χ0v) is 6.84. The molecule has 0 amide bonds. The molecule has 3 nitrogen and oxygen atoms in total. The predicted octanol–water partition coefficient (Wildman–Crippen LogP) is -2.53. The van der Waals surface area contributed by atoms with Gasteiger partial charge in [0.2, 0.25) is 0 Å². The van der Waals surface area contributed by atoms with E-state index >= 15 is 0 Å². The minimum atomic E-state index is 0. The van der Waals surface area contributed by atoms with Crippen molar-refractivity contribution in [3.63, 3.8) is 0 Å². The molecule has 0 heterocycles. The molecule has 0 saturated heterocycles. The fraction of sp³-hybridized carbons (Fsp3) is 0. The van der Waals surface area contributed by atoms with Gasteiger partial charge >= 0.3 is 20.0 Å². The van der Waals surface area contributed by atoms with Crippen molar-refractivity contribution in [1.82, 2.24) is 0 Å². The minimum Gasteiger partial charge on any atom is 0 e. The monoisotopic (exact) mass is 209 g/mol. The maximum Gasteiger partial charge on any atom is 0 e. The average Bonchev–Trinajstić information content (AvgIpc) is 1.00. The van der Waals surface area contributed by atoms with E-state index in [-0.39, 0.29) is 47.8 Å². The first-order valence-corrected chi connectivity index (χ1v) is 0.707. The molecule has 0 saturated carbocycles. The topological polar surface area (TPSA) is 80.1 Å². The summed E-state index contributed by atoms with van der Waals surface area (Å²) < 4.78 is 8.17. The van der Waals surface area contributed by atoms with Crippen LogP contribution in [0.15, 0.2) is 0 Å². The molecule has 0 unspecified atom stereocenters. The molecule has 0 spiro atoms. The minimum absolute atomic E-state index is 0. The first kappa shape index (κ1) is 52.5. The van der Waals surface area contributed by atoms with Crippen LogP contribution in [0.25, 0.3) is 0 Å². The zero-order chi connectivity index (χ0) is 2.00. The Kier molecular flexibility index (Phi) is 826. The van der Waals surface area contributed by atoms with Crippen LogP contribution in [0.1, 0.15) is 0 Å². The van der Waals surface area contributed by atoms with E-state index in [4.69, 9.17) is 3.80 Å². The summed E-state index contributed by atoms with van der Waals surface area (Å²) in [6.45, 7) is 0. The Morgan fingerprint density at radius 2 is 1.00 bits per heavy atom. The second kappa shape index (κ2) is 94.5. The molecule has 6 heavy (non-hydrogen) atoms. The molecule has 6 heteroatoms. The first-order chi connectivity index (χ1) is 1.00. The fourth-order valence-electron chi connectivity index (χ4n) is 0. The van der Waals surface area contributed by atoms with Gasteiger partial charge in [-0.1, -0.05) is 0 Å². The van der Waals surface area contributed by atoms with Crippen molar-refractivity contribution in [3.05, 3.63) is 0 Å². The SMILES string of the molecule is O.O.[Al].[O]=[Al].[Rh]. The summed E-state index contributed by atoms with van der Waals surface area (Å²) in [6.07, 6.45) is 0. The van der Waals surface area contributed by atoms with Crippen LogP contribution in [0, 0.1) is 0 Å². The molecule has 0 aromatic heterocycles. The van der Waals surface area contributed by atoms with Crippen LogP contribution in [-0.4, -0.2) is 44.5 Å². The standard InChI is InChI=1S/2Al.2H2O.O.Rh/h;;2*1H2;;. The van der Waals surface area contributed by atoms with Crippen LogP contribution in [0.3, 0.4) is 0 Å². The van der Waals surface area contributed by atoms with Gasteiger partial charge in [-0.15, -0.1) is 0 Å². The Morgan fingerprint density at radius 3 is 1.00 bits per heavy atom. The van der Waals surface area contributed by atoms with Gasteiger partial charge in [-0.3, -0.25) is 0 Å². The van der Waals surface area contributed by atoms with Crippen molar-refractivity contribution in [3.8, 4) is 0 Å². The van der Waals surface area contributed by atoms with Gasteiger partial charge in [-0.2, -0.15) is 0 Å². The number of hydrogen-bond donors (Lipinski definition) is 0. The van der Waals surface area contributed by atoms with Gasteiger partial charge in [0, 0.05) is 36.8 Å². The van der Waals surface area contributed by atoms with Gasteiger partial charge in [0.1, 0.15) is 0 Å². The smallest absolute Gasteiger partial charge is 0 e. The van der Waals surface area contributed by atoms with Gasteiger partial charge in [-0.05, 0) is 0 Å². The van der Waals surface area contributed by atoms with Crippen molar-refractivity contribution in [2.75, 3.05) is 0 Å². The first-order valence-electron chi connectivity index (χ1n) is 0.236. The number of hydrogen-bond acceptors (Lipinski definition) is 1. The van der Waals surface area contributed by atoms with Crippen molar-refractivity contribution in [1.29, 1.82) is 0 Å². The molecule has 0 bridgehead atoms.